The summed E-state index contributed by atoms with van der Waals surface area (Å²) in [5.41, 5.74) is 1.07. The third kappa shape index (κ3) is 3.96. The van der Waals surface area contributed by atoms with Gasteiger partial charge in [0, 0.05) is 12.1 Å². The van der Waals surface area contributed by atoms with Crippen LogP contribution >= 0.6 is 0 Å². The van der Waals surface area contributed by atoms with Gasteiger partial charge in [-0.3, -0.25) is 4.79 Å². The molecule has 4 nitrogen and oxygen atoms in total. The van der Waals surface area contributed by atoms with Crippen LogP contribution in [0.25, 0.3) is 0 Å². The summed E-state index contributed by atoms with van der Waals surface area (Å²) in [6.45, 7) is 1.74. The highest BCUT2D eigenvalue weighted by molar-refractivity contribution is 5.78. The number of hydrogen-bond acceptors (Lipinski definition) is 3. The summed E-state index contributed by atoms with van der Waals surface area (Å²) in [6.07, 6.45) is -0.619. The van der Waals surface area contributed by atoms with Gasteiger partial charge in [-0.05, 0) is 49.2 Å². The predicted molar refractivity (Wildman–Crippen MR) is 88.1 cm³/mol. The van der Waals surface area contributed by atoms with E-state index in [4.69, 9.17) is 4.74 Å². The number of halogens is 2. The highest BCUT2D eigenvalue weighted by Gasteiger charge is 2.37. The highest BCUT2D eigenvalue weighted by atomic mass is 19.1. The lowest BCUT2D eigenvalue weighted by molar-refractivity contribution is -0.134. The minimum atomic E-state index is -0.782. The van der Waals surface area contributed by atoms with Crippen molar-refractivity contribution in [3.8, 4) is 5.75 Å². The van der Waals surface area contributed by atoms with Gasteiger partial charge in [-0.2, -0.15) is 0 Å². The monoisotopic (exact) mass is 347 g/mol. The van der Waals surface area contributed by atoms with Crippen molar-refractivity contribution in [3.05, 3.63) is 65.2 Å². The smallest absolute Gasteiger partial charge is 0.261 e. The molecular weight excluding hydrogens is 328 g/mol. The Balaban J connectivity index is 1.74. The summed E-state index contributed by atoms with van der Waals surface area (Å²) in [5, 5.41) is 9.91. The lowest BCUT2D eigenvalue weighted by Crippen LogP contribution is -2.35. The Hall–Kier alpha value is -2.47. The molecule has 2 unspecified atom stereocenters. The molecule has 3 rings (SSSR count). The van der Waals surface area contributed by atoms with Crippen LogP contribution in [0.4, 0.5) is 8.78 Å². The van der Waals surface area contributed by atoms with E-state index in [-0.39, 0.29) is 31.0 Å². The normalized spacial score (nSPS) is 19.9. The number of aliphatic hydroxyl groups is 1. The summed E-state index contributed by atoms with van der Waals surface area (Å²) < 4.78 is 33.0. The first kappa shape index (κ1) is 17.4. The molecule has 132 valence electrons. The molecule has 0 saturated carbocycles. The maximum Gasteiger partial charge on any atom is 0.261 e. The van der Waals surface area contributed by atoms with Crippen LogP contribution in [0, 0.1) is 18.6 Å². The van der Waals surface area contributed by atoms with E-state index >= 15 is 0 Å². The van der Waals surface area contributed by atoms with E-state index in [1.54, 1.807) is 12.1 Å². The number of carbonyl (C=O) groups is 1. The van der Waals surface area contributed by atoms with Crippen molar-refractivity contribution >= 4 is 5.91 Å². The standard InChI is InChI=1S/C19H19F2NO3/c1-12-3-2-4-15(7-12)25-11-19(24)22-10-14(23)9-18(22)16-8-13(20)5-6-17(16)21/h2-8,14,18,23H,9-11H2,1H3. The minimum Gasteiger partial charge on any atom is -0.484 e. The van der Waals surface area contributed by atoms with Crippen LogP contribution in [-0.2, 0) is 4.79 Å². The number of β-amino-alcohol motifs (C(OH)–C–C–N with tert-alkyl or cyclic N) is 1. The molecule has 1 aliphatic rings. The van der Waals surface area contributed by atoms with E-state index in [9.17, 15) is 18.7 Å². The number of rotatable bonds is 4. The summed E-state index contributed by atoms with van der Waals surface area (Å²) in [7, 11) is 0. The van der Waals surface area contributed by atoms with Crippen molar-refractivity contribution in [2.75, 3.05) is 13.2 Å². The van der Waals surface area contributed by atoms with Gasteiger partial charge in [-0.25, -0.2) is 8.78 Å². The Labute approximate surface area is 144 Å². The number of aryl methyl sites for hydroxylation is 1. The third-order valence-corrected chi connectivity index (χ3v) is 4.27. The molecule has 2 aromatic rings. The molecule has 2 atom stereocenters. The fourth-order valence-corrected chi connectivity index (χ4v) is 3.09. The maximum absolute atomic E-state index is 14.1. The summed E-state index contributed by atoms with van der Waals surface area (Å²) in [4.78, 5) is 13.8. The van der Waals surface area contributed by atoms with Crippen molar-refractivity contribution in [2.24, 2.45) is 0 Å². The lowest BCUT2D eigenvalue weighted by Gasteiger charge is -2.25. The van der Waals surface area contributed by atoms with Gasteiger partial charge in [0.05, 0.1) is 12.1 Å². The Morgan fingerprint density at radius 2 is 2.08 bits per heavy atom. The third-order valence-electron chi connectivity index (χ3n) is 4.27. The topological polar surface area (TPSA) is 49.8 Å². The molecule has 25 heavy (non-hydrogen) atoms. The first-order chi connectivity index (χ1) is 11.9. The first-order valence-corrected chi connectivity index (χ1v) is 8.06. The van der Waals surface area contributed by atoms with Crippen LogP contribution < -0.4 is 4.74 Å². The fraction of sp³-hybridized carbons (Fsp3) is 0.316. The van der Waals surface area contributed by atoms with E-state index in [1.165, 1.54) is 4.90 Å². The number of nitrogens with zero attached hydrogens (tertiary/aromatic N) is 1. The number of likely N-dealkylation sites (tertiary alicyclic amines) is 1. The minimum absolute atomic E-state index is 0.0661. The predicted octanol–water partition coefficient (Wildman–Crippen LogP) is 2.99. The first-order valence-electron chi connectivity index (χ1n) is 8.06. The molecule has 0 spiro atoms. The Kier molecular flexibility index (Phi) is 4.99. The maximum atomic E-state index is 14.1. The lowest BCUT2D eigenvalue weighted by atomic mass is 10.0. The van der Waals surface area contributed by atoms with Gasteiger partial charge in [-0.15, -0.1) is 0 Å². The van der Waals surface area contributed by atoms with Crippen LogP contribution in [0.5, 0.6) is 5.75 Å². The quantitative estimate of drug-likeness (QED) is 0.925. The van der Waals surface area contributed by atoms with Crippen molar-refractivity contribution in [3.63, 3.8) is 0 Å². The number of aliphatic hydroxyl groups excluding tert-OH is 1. The van der Waals surface area contributed by atoms with Crippen LogP contribution in [0.3, 0.4) is 0 Å². The molecule has 1 heterocycles. The van der Waals surface area contributed by atoms with Gasteiger partial charge in [0.2, 0.25) is 0 Å². The second-order valence-corrected chi connectivity index (χ2v) is 6.22. The van der Waals surface area contributed by atoms with Crippen molar-refractivity contribution in [1.82, 2.24) is 4.90 Å². The van der Waals surface area contributed by atoms with E-state index in [1.807, 2.05) is 19.1 Å². The van der Waals surface area contributed by atoms with Crippen LogP contribution in [0.15, 0.2) is 42.5 Å². The van der Waals surface area contributed by atoms with Gasteiger partial charge in [0.25, 0.3) is 5.91 Å². The number of ether oxygens (including phenoxy) is 1. The van der Waals surface area contributed by atoms with Crippen molar-refractivity contribution < 1.29 is 23.4 Å². The zero-order chi connectivity index (χ0) is 18.0. The molecule has 6 heteroatoms. The molecule has 0 bridgehead atoms. The average molecular weight is 347 g/mol. The molecule has 2 aromatic carbocycles. The Morgan fingerprint density at radius 1 is 1.28 bits per heavy atom. The summed E-state index contributed by atoms with van der Waals surface area (Å²) >= 11 is 0. The Morgan fingerprint density at radius 3 is 2.84 bits per heavy atom. The largest absolute Gasteiger partial charge is 0.484 e. The van der Waals surface area contributed by atoms with Crippen molar-refractivity contribution in [1.29, 1.82) is 0 Å². The van der Waals surface area contributed by atoms with Crippen LogP contribution in [0.1, 0.15) is 23.6 Å². The molecule has 0 aromatic heterocycles. The van der Waals surface area contributed by atoms with Crippen molar-refractivity contribution in [2.45, 2.75) is 25.5 Å². The van der Waals surface area contributed by atoms with E-state index in [0.717, 1.165) is 23.8 Å². The molecule has 1 fully saturated rings. The van der Waals surface area contributed by atoms with Gasteiger partial charge < -0.3 is 14.7 Å². The van der Waals surface area contributed by atoms with E-state index in [2.05, 4.69) is 0 Å². The van der Waals surface area contributed by atoms with E-state index < -0.39 is 23.8 Å². The number of carbonyl (C=O) groups excluding carboxylic acids is 1. The van der Waals surface area contributed by atoms with E-state index in [0.29, 0.717) is 5.75 Å². The molecular formula is C19H19F2NO3. The SMILES string of the molecule is Cc1cccc(OCC(=O)N2CC(O)CC2c2cc(F)ccc2F)c1. The molecule has 0 aliphatic carbocycles. The molecule has 1 amide bonds. The summed E-state index contributed by atoms with van der Waals surface area (Å²) in [5.74, 6) is -1.01. The average Bonchev–Trinajstić information content (AvgIpc) is 2.96. The second kappa shape index (κ2) is 7.19. The van der Waals surface area contributed by atoms with Crippen LogP contribution in [0.2, 0.25) is 0 Å². The van der Waals surface area contributed by atoms with Gasteiger partial charge in [0.1, 0.15) is 17.4 Å². The zero-order valence-electron chi connectivity index (χ0n) is 13.8. The van der Waals surface area contributed by atoms with Gasteiger partial charge in [0.15, 0.2) is 6.61 Å². The zero-order valence-corrected chi connectivity index (χ0v) is 13.8. The fourth-order valence-electron chi connectivity index (χ4n) is 3.09. The number of amides is 1. The number of benzene rings is 2. The van der Waals surface area contributed by atoms with Gasteiger partial charge >= 0.3 is 0 Å². The summed E-state index contributed by atoms with van der Waals surface area (Å²) in [6, 6.07) is 9.68. The second-order valence-electron chi connectivity index (χ2n) is 6.22. The molecule has 1 saturated heterocycles. The highest BCUT2D eigenvalue weighted by Crippen LogP contribution is 2.34. The molecule has 0 radical (unpaired) electrons. The van der Waals surface area contributed by atoms with Crippen LogP contribution in [-0.4, -0.2) is 35.2 Å². The van der Waals surface area contributed by atoms with Gasteiger partial charge in [-0.1, -0.05) is 12.1 Å². The Bertz CT molecular complexity index is 781. The molecule has 1 N–H and O–H groups in total. The number of hydrogen-bond donors (Lipinski definition) is 1. The molecule has 1 aliphatic heterocycles.